The lowest BCUT2D eigenvalue weighted by molar-refractivity contribution is -0.119. The highest BCUT2D eigenvalue weighted by molar-refractivity contribution is 7.99. The van der Waals surface area contributed by atoms with Crippen LogP contribution in [0, 0.1) is 0 Å². The largest absolute Gasteiger partial charge is 0.376 e. The lowest BCUT2D eigenvalue weighted by Crippen LogP contribution is -2.32. The van der Waals surface area contributed by atoms with E-state index in [1.54, 1.807) is 0 Å². The molecule has 1 aromatic rings. The molecule has 88 valence electrons. The maximum atomic E-state index is 11.4. The number of aromatic nitrogens is 3. The number of carbonyl (C=O) groups is 1. The van der Waals surface area contributed by atoms with E-state index in [1.165, 1.54) is 18.1 Å². The van der Waals surface area contributed by atoms with Crippen molar-refractivity contribution in [3.05, 3.63) is 6.33 Å². The van der Waals surface area contributed by atoms with Crippen LogP contribution >= 0.6 is 11.8 Å². The number of amides is 1. The van der Waals surface area contributed by atoms with Gasteiger partial charge < -0.3 is 10.1 Å². The van der Waals surface area contributed by atoms with Crippen molar-refractivity contribution in [1.82, 2.24) is 20.5 Å². The minimum Gasteiger partial charge on any atom is -0.376 e. The molecule has 1 amide bonds. The fraction of sp³-hybridized carbons (Fsp3) is 0.667. The van der Waals surface area contributed by atoms with Crippen molar-refractivity contribution in [2.45, 2.75) is 24.1 Å². The molecular weight excluding hydrogens is 228 g/mol. The van der Waals surface area contributed by atoms with Gasteiger partial charge in [-0.05, 0) is 12.8 Å². The van der Waals surface area contributed by atoms with Crippen LogP contribution in [-0.2, 0) is 9.53 Å². The van der Waals surface area contributed by atoms with Crippen molar-refractivity contribution in [2.24, 2.45) is 0 Å². The zero-order chi connectivity index (χ0) is 11.2. The van der Waals surface area contributed by atoms with E-state index in [0.29, 0.717) is 17.5 Å². The standard InChI is InChI=1S/C9H14N4O2S/c14-8(5-16-9-11-6-12-13-9)10-4-7-2-1-3-15-7/h6-7H,1-5H2,(H,10,14)(H,11,12,13)/t7-/m0/s1. The Morgan fingerprint density at radius 2 is 2.69 bits per heavy atom. The van der Waals surface area contributed by atoms with Crippen molar-refractivity contribution < 1.29 is 9.53 Å². The molecule has 1 aliphatic heterocycles. The van der Waals surface area contributed by atoms with E-state index < -0.39 is 0 Å². The number of hydrogen-bond donors (Lipinski definition) is 2. The summed E-state index contributed by atoms with van der Waals surface area (Å²) in [7, 11) is 0. The average Bonchev–Trinajstić information content (AvgIpc) is 2.96. The maximum absolute atomic E-state index is 11.4. The number of hydrogen-bond acceptors (Lipinski definition) is 5. The lowest BCUT2D eigenvalue weighted by atomic mass is 10.2. The molecule has 2 N–H and O–H groups in total. The molecule has 0 bridgehead atoms. The van der Waals surface area contributed by atoms with Gasteiger partial charge in [-0.2, -0.15) is 5.10 Å². The summed E-state index contributed by atoms with van der Waals surface area (Å²) in [5, 5.41) is 9.89. The summed E-state index contributed by atoms with van der Waals surface area (Å²) in [6.07, 6.45) is 3.74. The number of nitrogens with one attached hydrogen (secondary N) is 2. The molecule has 0 saturated carbocycles. The second kappa shape index (κ2) is 5.86. The minimum absolute atomic E-state index is 0.00287. The molecule has 1 fully saturated rings. The summed E-state index contributed by atoms with van der Waals surface area (Å²) < 4.78 is 5.40. The van der Waals surface area contributed by atoms with Crippen molar-refractivity contribution in [2.75, 3.05) is 18.9 Å². The molecule has 0 radical (unpaired) electrons. The topological polar surface area (TPSA) is 79.9 Å². The Balaban J connectivity index is 1.60. The Morgan fingerprint density at radius 3 is 3.38 bits per heavy atom. The Labute approximate surface area is 97.5 Å². The fourth-order valence-electron chi connectivity index (χ4n) is 1.48. The van der Waals surface area contributed by atoms with Crippen LogP contribution in [0.3, 0.4) is 0 Å². The number of aromatic amines is 1. The van der Waals surface area contributed by atoms with Gasteiger partial charge >= 0.3 is 0 Å². The molecular formula is C9H14N4O2S. The zero-order valence-corrected chi connectivity index (χ0v) is 9.63. The molecule has 6 nitrogen and oxygen atoms in total. The van der Waals surface area contributed by atoms with Gasteiger partial charge in [0.1, 0.15) is 6.33 Å². The van der Waals surface area contributed by atoms with Gasteiger partial charge in [0.2, 0.25) is 5.91 Å². The van der Waals surface area contributed by atoms with E-state index in [9.17, 15) is 4.79 Å². The predicted molar refractivity (Wildman–Crippen MR) is 59.1 cm³/mol. The van der Waals surface area contributed by atoms with Gasteiger partial charge in [0.15, 0.2) is 5.16 Å². The zero-order valence-electron chi connectivity index (χ0n) is 8.81. The highest BCUT2D eigenvalue weighted by Gasteiger charge is 2.16. The molecule has 2 rings (SSSR count). The van der Waals surface area contributed by atoms with Crippen LogP contribution in [0.2, 0.25) is 0 Å². The number of H-pyrrole nitrogens is 1. The second-order valence-corrected chi connectivity index (χ2v) is 4.48. The van der Waals surface area contributed by atoms with E-state index in [-0.39, 0.29) is 12.0 Å². The summed E-state index contributed by atoms with van der Waals surface area (Å²) in [5.41, 5.74) is 0. The third-order valence-electron chi connectivity index (χ3n) is 2.28. The average molecular weight is 242 g/mol. The molecule has 1 saturated heterocycles. The minimum atomic E-state index is -0.00287. The first-order valence-corrected chi connectivity index (χ1v) is 6.19. The van der Waals surface area contributed by atoms with E-state index in [0.717, 1.165) is 19.4 Å². The lowest BCUT2D eigenvalue weighted by Gasteiger charge is -2.09. The van der Waals surface area contributed by atoms with Crippen LogP contribution in [0.1, 0.15) is 12.8 Å². The highest BCUT2D eigenvalue weighted by atomic mass is 32.2. The van der Waals surface area contributed by atoms with Crippen molar-refractivity contribution in [1.29, 1.82) is 0 Å². The van der Waals surface area contributed by atoms with Crippen LogP contribution in [0.25, 0.3) is 0 Å². The van der Waals surface area contributed by atoms with E-state index in [1.807, 2.05) is 0 Å². The van der Waals surface area contributed by atoms with E-state index >= 15 is 0 Å². The van der Waals surface area contributed by atoms with Gasteiger partial charge in [-0.25, -0.2) is 4.98 Å². The smallest absolute Gasteiger partial charge is 0.230 e. The van der Waals surface area contributed by atoms with Crippen LogP contribution in [0.5, 0.6) is 0 Å². The van der Waals surface area contributed by atoms with Crippen LogP contribution in [0.4, 0.5) is 0 Å². The Bertz CT molecular complexity index is 324. The fourth-order valence-corrected chi connectivity index (χ4v) is 2.09. The third-order valence-corrected chi connectivity index (χ3v) is 3.16. The van der Waals surface area contributed by atoms with Crippen LogP contribution in [0.15, 0.2) is 11.5 Å². The van der Waals surface area contributed by atoms with Gasteiger partial charge in [0.05, 0.1) is 11.9 Å². The van der Waals surface area contributed by atoms with Crippen molar-refractivity contribution >= 4 is 17.7 Å². The summed E-state index contributed by atoms with van der Waals surface area (Å²) in [5.74, 6) is 0.346. The molecule has 0 aliphatic carbocycles. The van der Waals surface area contributed by atoms with Gasteiger partial charge in [-0.3, -0.25) is 9.89 Å². The SMILES string of the molecule is O=C(CSc1ncn[nH]1)NC[C@@H]1CCCO1. The Morgan fingerprint density at radius 1 is 1.75 bits per heavy atom. The summed E-state index contributed by atoms with van der Waals surface area (Å²) in [4.78, 5) is 15.4. The molecule has 0 spiro atoms. The first-order valence-electron chi connectivity index (χ1n) is 5.21. The van der Waals surface area contributed by atoms with E-state index in [4.69, 9.17) is 4.74 Å². The highest BCUT2D eigenvalue weighted by Crippen LogP contribution is 2.11. The van der Waals surface area contributed by atoms with Gasteiger partial charge in [-0.1, -0.05) is 11.8 Å². The first kappa shape index (κ1) is 11.4. The van der Waals surface area contributed by atoms with Crippen molar-refractivity contribution in [3.8, 4) is 0 Å². The van der Waals surface area contributed by atoms with Crippen molar-refractivity contribution in [3.63, 3.8) is 0 Å². The Kier molecular flexibility index (Phi) is 4.17. The van der Waals surface area contributed by atoms with Gasteiger partial charge in [0.25, 0.3) is 0 Å². The van der Waals surface area contributed by atoms with Crippen LogP contribution < -0.4 is 5.32 Å². The normalized spacial score (nSPS) is 19.9. The maximum Gasteiger partial charge on any atom is 0.230 e. The second-order valence-electron chi connectivity index (χ2n) is 3.52. The van der Waals surface area contributed by atoms with Crippen LogP contribution in [-0.4, -0.2) is 46.1 Å². The number of carbonyl (C=O) groups excluding carboxylic acids is 1. The van der Waals surface area contributed by atoms with Gasteiger partial charge in [0, 0.05) is 13.2 Å². The molecule has 1 aliphatic rings. The van der Waals surface area contributed by atoms with E-state index in [2.05, 4.69) is 20.5 Å². The number of ether oxygens (including phenoxy) is 1. The molecule has 0 aromatic carbocycles. The monoisotopic (exact) mass is 242 g/mol. The number of rotatable bonds is 5. The first-order chi connectivity index (χ1) is 7.84. The molecule has 1 aromatic heterocycles. The summed E-state index contributed by atoms with van der Waals surface area (Å²) in [6.45, 7) is 1.42. The Hall–Kier alpha value is -1.08. The molecule has 16 heavy (non-hydrogen) atoms. The molecule has 7 heteroatoms. The summed E-state index contributed by atoms with van der Waals surface area (Å²) in [6, 6.07) is 0. The molecule has 1 atom stereocenters. The predicted octanol–water partition coefficient (Wildman–Crippen LogP) is 0.192. The third kappa shape index (κ3) is 3.49. The molecule has 0 unspecified atom stereocenters. The number of nitrogens with zero attached hydrogens (tertiary/aromatic N) is 2. The van der Waals surface area contributed by atoms with Gasteiger partial charge in [-0.15, -0.1) is 0 Å². The quantitative estimate of drug-likeness (QED) is 0.721. The molecule has 2 heterocycles. The summed E-state index contributed by atoms with van der Waals surface area (Å²) >= 11 is 1.34. The number of thioether (sulfide) groups is 1.